The lowest BCUT2D eigenvalue weighted by Crippen LogP contribution is -2.27. The molecule has 0 aliphatic carbocycles. The van der Waals surface area contributed by atoms with E-state index < -0.39 is 0 Å². The Kier molecular flexibility index (Phi) is 5.41. The summed E-state index contributed by atoms with van der Waals surface area (Å²) in [5.41, 5.74) is 2.45. The number of hydrogen-bond acceptors (Lipinski definition) is 5. The zero-order chi connectivity index (χ0) is 19.2. The lowest BCUT2D eigenvalue weighted by molar-refractivity contribution is -0.114. The number of carbonyl (C=O) groups is 2. The summed E-state index contributed by atoms with van der Waals surface area (Å²) in [6, 6.07) is 19.9. The highest BCUT2D eigenvalue weighted by Crippen LogP contribution is 2.19. The maximum atomic E-state index is 12.5. The molecule has 136 valence electrons. The Morgan fingerprint density at radius 3 is 2.30 bits per heavy atom. The van der Waals surface area contributed by atoms with Crippen molar-refractivity contribution in [1.29, 1.82) is 0 Å². The summed E-state index contributed by atoms with van der Waals surface area (Å²) < 4.78 is 0. The molecule has 0 aliphatic heterocycles. The van der Waals surface area contributed by atoms with Crippen LogP contribution in [-0.2, 0) is 4.79 Å². The molecule has 0 unspecified atom stereocenters. The van der Waals surface area contributed by atoms with Crippen LogP contribution in [-0.4, -0.2) is 29.1 Å². The van der Waals surface area contributed by atoms with Crippen LogP contribution in [0.2, 0.25) is 0 Å². The van der Waals surface area contributed by atoms with Crippen LogP contribution < -0.4 is 15.5 Å². The average molecular weight is 361 g/mol. The number of amides is 2. The molecule has 3 aromatic rings. The maximum Gasteiger partial charge on any atom is 0.278 e. The summed E-state index contributed by atoms with van der Waals surface area (Å²) >= 11 is 0. The van der Waals surface area contributed by atoms with Crippen LogP contribution in [0, 0.1) is 0 Å². The van der Waals surface area contributed by atoms with Gasteiger partial charge in [0.25, 0.3) is 5.91 Å². The maximum absolute atomic E-state index is 12.5. The topological polar surface area (TPSA) is 87.2 Å². The van der Waals surface area contributed by atoms with Gasteiger partial charge in [-0.1, -0.05) is 24.3 Å². The molecule has 0 saturated carbocycles. The first-order chi connectivity index (χ1) is 13.0. The number of anilines is 4. The third-order valence-corrected chi connectivity index (χ3v) is 3.79. The molecular weight excluding hydrogens is 342 g/mol. The van der Waals surface area contributed by atoms with E-state index in [1.807, 2.05) is 42.5 Å². The highest BCUT2D eigenvalue weighted by Gasteiger charge is 2.15. The molecule has 7 nitrogen and oxygen atoms in total. The van der Waals surface area contributed by atoms with E-state index in [1.165, 1.54) is 11.8 Å². The Morgan fingerprint density at radius 1 is 0.889 bits per heavy atom. The van der Waals surface area contributed by atoms with Gasteiger partial charge in [-0.3, -0.25) is 9.59 Å². The molecule has 2 amide bonds. The first kappa shape index (κ1) is 18.1. The van der Waals surface area contributed by atoms with Crippen LogP contribution in [0.1, 0.15) is 17.4 Å². The van der Waals surface area contributed by atoms with E-state index in [9.17, 15) is 9.59 Å². The monoisotopic (exact) mass is 361 g/mol. The lowest BCUT2D eigenvalue weighted by atomic mass is 10.2. The van der Waals surface area contributed by atoms with Gasteiger partial charge in [0, 0.05) is 31.0 Å². The number of aromatic nitrogens is 2. The number of rotatable bonds is 5. The van der Waals surface area contributed by atoms with Crippen molar-refractivity contribution in [1.82, 2.24) is 10.2 Å². The minimum absolute atomic E-state index is 0.141. The van der Waals surface area contributed by atoms with Gasteiger partial charge in [0.1, 0.15) is 0 Å². The summed E-state index contributed by atoms with van der Waals surface area (Å²) in [7, 11) is 1.69. The second-order valence-electron chi connectivity index (χ2n) is 5.89. The number of nitrogens with one attached hydrogen (secondary N) is 2. The van der Waals surface area contributed by atoms with Crippen molar-refractivity contribution in [2.24, 2.45) is 0 Å². The van der Waals surface area contributed by atoms with Gasteiger partial charge in [-0.05, 0) is 42.5 Å². The van der Waals surface area contributed by atoms with Crippen LogP contribution in [0.4, 0.5) is 22.9 Å². The largest absolute Gasteiger partial charge is 0.339 e. The molecule has 2 N–H and O–H groups in total. The average Bonchev–Trinajstić information content (AvgIpc) is 2.68. The summed E-state index contributed by atoms with van der Waals surface area (Å²) in [5.74, 6) is 0.110. The first-order valence-electron chi connectivity index (χ1n) is 8.34. The number of para-hydroxylation sites is 1. The van der Waals surface area contributed by atoms with E-state index in [1.54, 1.807) is 31.3 Å². The zero-order valence-electron chi connectivity index (χ0n) is 15.0. The van der Waals surface area contributed by atoms with E-state index in [-0.39, 0.29) is 17.5 Å². The molecule has 1 heterocycles. The molecule has 0 aliphatic rings. The van der Waals surface area contributed by atoms with Crippen molar-refractivity contribution in [2.45, 2.75) is 6.92 Å². The predicted octanol–water partition coefficient (Wildman–Crippen LogP) is 3.46. The van der Waals surface area contributed by atoms with Crippen molar-refractivity contribution in [3.05, 3.63) is 72.4 Å². The Balaban J connectivity index is 1.70. The zero-order valence-corrected chi connectivity index (χ0v) is 15.0. The van der Waals surface area contributed by atoms with Gasteiger partial charge in [0.05, 0.1) is 0 Å². The smallest absolute Gasteiger partial charge is 0.278 e. The summed E-state index contributed by atoms with van der Waals surface area (Å²) in [4.78, 5) is 25.2. The van der Waals surface area contributed by atoms with Crippen LogP contribution in [0.25, 0.3) is 0 Å². The van der Waals surface area contributed by atoms with Crippen molar-refractivity contribution < 1.29 is 9.59 Å². The second-order valence-corrected chi connectivity index (χ2v) is 5.89. The van der Waals surface area contributed by atoms with E-state index in [0.29, 0.717) is 11.5 Å². The van der Waals surface area contributed by atoms with Crippen molar-refractivity contribution in [2.75, 3.05) is 22.6 Å². The molecule has 0 atom stereocenters. The van der Waals surface area contributed by atoms with Crippen molar-refractivity contribution in [3.8, 4) is 0 Å². The van der Waals surface area contributed by atoms with E-state index in [0.717, 1.165) is 11.4 Å². The molecule has 0 saturated heterocycles. The minimum atomic E-state index is -0.243. The molecule has 3 rings (SSSR count). The fraction of sp³-hybridized carbons (Fsp3) is 0.100. The number of hydrogen-bond donors (Lipinski definition) is 2. The van der Waals surface area contributed by atoms with Crippen LogP contribution >= 0.6 is 0 Å². The summed E-state index contributed by atoms with van der Waals surface area (Å²) in [6.07, 6.45) is 0. The van der Waals surface area contributed by atoms with Crippen LogP contribution in [0.3, 0.4) is 0 Å². The van der Waals surface area contributed by atoms with Gasteiger partial charge < -0.3 is 15.5 Å². The molecule has 0 spiro atoms. The molecule has 0 bridgehead atoms. The Hall–Kier alpha value is -3.74. The van der Waals surface area contributed by atoms with Crippen molar-refractivity contribution >= 4 is 34.7 Å². The van der Waals surface area contributed by atoms with Gasteiger partial charge in [-0.25, -0.2) is 0 Å². The van der Waals surface area contributed by atoms with Crippen molar-refractivity contribution in [3.63, 3.8) is 0 Å². The molecule has 7 heteroatoms. The van der Waals surface area contributed by atoms with Gasteiger partial charge >= 0.3 is 0 Å². The number of carbonyl (C=O) groups excluding carboxylic acids is 2. The normalized spacial score (nSPS) is 10.1. The molecular formula is C20H19N5O2. The first-order valence-corrected chi connectivity index (χ1v) is 8.34. The molecule has 0 radical (unpaired) electrons. The third kappa shape index (κ3) is 4.66. The molecule has 0 fully saturated rings. The van der Waals surface area contributed by atoms with Gasteiger partial charge in [0.2, 0.25) is 5.91 Å². The SMILES string of the molecule is CC(=O)Nc1cccc(Nc2ccc(C(=O)N(C)c3ccccc3)nn2)c1. The summed E-state index contributed by atoms with van der Waals surface area (Å²) in [5, 5.41) is 13.9. The predicted molar refractivity (Wildman–Crippen MR) is 105 cm³/mol. The minimum Gasteiger partial charge on any atom is -0.339 e. The van der Waals surface area contributed by atoms with Crippen LogP contribution in [0.15, 0.2) is 66.7 Å². The Bertz CT molecular complexity index is 942. The van der Waals surface area contributed by atoms with E-state index >= 15 is 0 Å². The fourth-order valence-corrected chi connectivity index (χ4v) is 2.48. The second kappa shape index (κ2) is 8.09. The molecule has 2 aromatic carbocycles. The van der Waals surface area contributed by atoms with E-state index in [2.05, 4.69) is 20.8 Å². The summed E-state index contributed by atoms with van der Waals surface area (Å²) in [6.45, 7) is 1.45. The lowest BCUT2D eigenvalue weighted by Gasteiger charge is -2.16. The number of nitrogens with zero attached hydrogens (tertiary/aromatic N) is 3. The number of benzene rings is 2. The Labute approximate surface area is 157 Å². The quantitative estimate of drug-likeness (QED) is 0.727. The standard InChI is InChI=1S/C20H19N5O2/c1-14(26)21-15-7-6-8-16(13-15)22-19-12-11-18(23-24-19)20(27)25(2)17-9-4-3-5-10-17/h3-13H,1-2H3,(H,21,26)(H,22,24). The molecule has 1 aromatic heterocycles. The highest BCUT2D eigenvalue weighted by molar-refractivity contribution is 6.04. The van der Waals surface area contributed by atoms with Gasteiger partial charge in [0.15, 0.2) is 11.5 Å². The third-order valence-electron chi connectivity index (χ3n) is 3.79. The highest BCUT2D eigenvalue weighted by atomic mass is 16.2. The van der Waals surface area contributed by atoms with Gasteiger partial charge in [-0.15, -0.1) is 10.2 Å². The Morgan fingerprint density at radius 2 is 1.63 bits per heavy atom. The van der Waals surface area contributed by atoms with Gasteiger partial charge in [-0.2, -0.15) is 0 Å². The fourth-order valence-electron chi connectivity index (χ4n) is 2.48. The van der Waals surface area contributed by atoms with Crippen LogP contribution in [0.5, 0.6) is 0 Å². The van der Waals surface area contributed by atoms with E-state index in [4.69, 9.17) is 0 Å². The molecule has 27 heavy (non-hydrogen) atoms.